The SMILES string of the molecule is COCC(C)N(C)C(=O)c1ccc(C#CCN)cn1. The summed E-state index contributed by atoms with van der Waals surface area (Å²) in [6.45, 7) is 2.71. The lowest BCUT2D eigenvalue weighted by Crippen LogP contribution is -2.38. The standard InChI is InChI=1S/C14H19N3O2/c1-11(10-19-3)17(2)14(18)13-7-6-12(9-16-13)5-4-8-15/h6-7,9,11H,8,10,15H2,1-3H3. The third-order valence-electron chi connectivity index (χ3n) is 2.71. The van der Waals surface area contributed by atoms with Gasteiger partial charge in [0, 0.05) is 25.9 Å². The Morgan fingerprint density at radius 1 is 1.58 bits per heavy atom. The van der Waals surface area contributed by atoms with Crippen molar-refractivity contribution >= 4 is 5.91 Å². The summed E-state index contributed by atoms with van der Waals surface area (Å²) in [6.07, 6.45) is 1.57. The molecule has 0 aliphatic carbocycles. The van der Waals surface area contributed by atoms with Gasteiger partial charge in [-0.3, -0.25) is 4.79 Å². The van der Waals surface area contributed by atoms with Gasteiger partial charge in [0.15, 0.2) is 0 Å². The van der Waals surface area contributed by atoms with Crippen LogP contribution in [0.4, 0.5) is 0 Å². The largest absolute Gasteiger partial charge is 0.383 e. The van der Waals surface area contributed by atoms with Crippen LogP contribution in [0.3, 0.4) is 0 Å². The van der Waals surface area contributed by atoms with E-state index >= 15 is 0 Å². The predicted octanol–water partition coefficient (Wildman–Crippen LogP) is 0.499. The number of pyridine rings is 1. The molecule has 0 aliphatic heterocycles. The van der Waals surface area contributed by atoms with Crippen molar-refractivity contribution in [3.8, 4) is 11.8 Å². The van der Waals surface area contributed by atoms with E-state index in [1.54, 1.807) is 37.4 Å². The highest BCUT2D eigenvalue weighted by atomic mass is 16.5. The van der Waals surface area contributed by atoms with Crippen molar-refractivity contribution in [1.29, 1.82) is 0 Å². The molecule has 0 aliphatic rings. The molecule has 19 heavy (non-hydrogen) atoms. The van der Waals surface area contributed by atoms with Crippen molar-refractivity contribution in [2.75, 3.05) is 27.3 Å². The quantitative estimate of drug-likeness (QED) is 0.801. The smallest absolute Gasteiger partial charge is 0.272 e. The van der Waals surface area contributed by atoms with Crippen LogP contribution in [0.1, 0.15) is 23.0 Å². The summed E-state index contributed by atoms with van der Waals surface area (Å²) in [5, 5.41) is 0. The Morgan fingerprint density at radius 3 is 2.84 bits per heavy atom. The minimum atomic E-state index is -0.136. The van der Waals surface area contributed by atoms with Gasteiger partial charge in [0.1, 0.15) is 5.69 Å². The van der Waals surface area contributed by atoms with Crippen molar-refractivity contribution in [2.45, 2.75) is 13.0 Å². The minimum absolute atomic E-state index is 0.00370. The topological polar surface area (TPSA) is 68.5 Å². The maximum absolute atomic E-state index is 12.1. The van der Waals surface area contributed by atoms with Gasteiger partial charge in [-0.25, -0.2) is 4.98 Å². The van der Waals surface area contributed by atoms with Gasteiger partial charge in [-0.1, -0.05) is 11.8 Å². The number of nitrogens with zero attached hydrogens (tertiary/aromatic N) is 2. The zero-order chi connectivity index (χ0) is 14.3. The number of aromatic nitrogens is 1. The van der Waals surface area contributed by atoms with E-state index in [0.29, 0.717) is 18.8 Å². The summed E-state index contributed by atoms with van der Waals surface area (Å²) in [4.78, 5) is 17.9. The van der Waals surface area contributed by atoms with Crippen LogP contribution in [0.25, 0.3) is 0 Å². The molecule has 5 nitrogen and oxygen atoms in total. The van der Waals surface area contributed by atoms with Crippen LogP contribution < -0.4 is 5.73 Å². The van der Waals surface area contributed by atoms with Gasteiger partial charge in [0.2, 0.25) is 0 Å². The van der Waals surface area contributed by atoms with Crippen LogP contribution >= 0.6 is 0 Å². The summed E-state index contributed by atoms with van der Waals surface area (Å²) in [5.41, 5.74) is 6.43. The number of rotatable bonds is 4. The molecular formula is C14H19N3O2. The number of likely N-dealkylation sites (N-methyl/N-ethyl adjacent to an activating group) is 1. The molecule has 102 valence electrons. The molecular weight excluding hydrogens is 242 g/mol. The van der Waals surface area contributed by atoms with E-state index in [1.165, 1.54) is 0 Å². The first-order valence-electron chi connectivity index (χ1n) is 6.01. The fourth-order valence-corrected chi connectivity index (χ4v) is 1.48. The van der Waals surface area contributed by atoms with Gasteiger partial charge < -0.3 is 15.4 Å². The number of carbonyl (C=O) groups is 1. The van der Waals surface area contributed by atoms with Crippen LogP contribution in [0.5, 0.6) is 0 Å². The Hall–Kier alpha value is -1.90. The van der Waals surface area contributed by atoms with Crippen LogP contribution in [0.2, 0.25) is 0 Å². The van der Waals surface area contributed by atoms with Crippen LogP contribution in [0.15, 0.2) is 18.3 Å². The second-order valence-corrected chi connectivity index (χ2v) is 4.16. The molecule has 1 unspecified atom stereocenters. The lowest BCUT2D eigenvalue weighted by molar-refractivity contribution is 0.0628. The van der Waals surface area contributed by atoms with Gasteiger partial charge in [0.05, 0.1) is 19.2 Å². The zero-order valence-corrected chi connectivity index (χ0v) is 11.5. The van der Waals surface area contributed by atoms with E-state index in [9.17, 15) is 4.79 Å². The molecule has 2 N–H and O–H groups in total. The number of nitrogens with two attached hydrogens (primary N) is 1. The molecule has 0 saturated heterocycles. The van der Waals surface area contributed by atoms with E-state index in [-0.39, 0.29) is 11.9 Å². The second-order valence-electron chi connectivity index (χ2n) is 4.16. The van der Waals surface area contributed by atoms with E-state index < -0.39 is 0 Å². The molecule has 0 spiro atoms. The molecule has 1 aromatic rings. The van der Waals surface area contributed by atoms with Gasteiger partial charge in [-0.15, -0.1) is 0 Å². The number of hydrogen-bond acceptors (Lipinski definition) is 4. The average Bonchev–Trinajstić information content (AvgIpc) is 2.44. The predicted molar refractivity (Wildman–Crippen MR) is 73.6 cm³/mol. The Kier molecular flexibility index (Phi) is 6.00. The summed E-state index contributed by atoms with van der Waals surface area (Å²) in [5.74, 6) is 5.46. The molecule has 1 rings (SSSR count). The van der Waals surface area contributed by atoms with E-state index in [0.717, 1.165) is 5.56 Å². The Balaban J connectivity index is 2.77. The number of carbonyl (C=O) groups excluding carboxylic acids is 1. The minimum Gasteiger partial charge on any atom is -0.383 e. The third-order valence-corrected chi connectivity index (χ3v) is 2.71. The van der Waals surface area contributed by atoms with E-state index in [2.05, 4.69) is 16.8 Å². The summed E-state index contributed by atoms with van der Waals surface area (Å²) >= 11 is 0. The van der Waals surface area contributed by atoms with Crippen molar-refractivity contribution < 1.29 is 9.53 Å². The number of amides is 1. The van der Waals surface area contributed by atoms with Crippen LogP contribution in [-0.2, 0) is 4.74 Å². The first kappa shape index (κ1) is 15.2. The molecule has 1 atom stereocenters. The van der Waals surface area contributed by atoms with E-state index in [1.807, 2.05) is 6.92 Å². The summed E-state index contributed by atoms with van der Waals surface area (Å²) in [7, 11) is 3.34. The molecule has 1 aromatic heterocycles. The number of ether oxygens (including phenoxy) is 1. The first-order valence-corrected chi connectivity index (χ1v) is 6.01. The highest BCUT2D eigenvalue weighted by molar-refractivity contribution is 5.92. The number of methoxy groups -OCH3 is 1. The van der Waals surface area contributed by atoms with Crippen molar-refractivity contribution in [1.82, 2.24) is 9.88 Å². The highest BCUT2D eigenvalue weighted by Crippen LogP contribution is 2.05. The van der Waals surface area contributed by atoms with Gasteiger partial charge >= 0.3 is 0 Å². The Bertz CT molecular complexity index is 474. The van der Waals surface area contributed by atoms with Crippen molar-refractivity contribution in [3.05, 3.63) is 29.6 Å². The van der Waals surface area contributed by atoms with E-state index in [4.69, 9.17) is 10.5 Å². The first-order chi connectivity index (χ1) is 9.10. The van der Waals surface area contributed by atoms with Gasteiger partial charge in [0.25, 0.3) is 5.91 Å². The Labute approximate surface area is 113 Å². The maximum Gasteiger partial charge on any atom is 0.272 e. The van der Waals surface area contributed by atoms with Crippen molar-refractivity contribution in [2.24, 2.45) is 5.73 Å². The lowest BCUT2D eigenvalue weighted by atomic mass is 10.2. The second kappa shape index (κ2) is 7.52. The summed E-state index contributed by atoms with van der Waals surface area (Å²) in [6, 6.07) is 3.42. The zero-order valence-electron chi connectivity index (χ0n) is 11.5. The Morgan fingerprint density at radius 2 is 2.32 bits per heavy atom. The summed E-state index contributed by atoms with van der Waals surface area (Å²) < 4.78 is 5.03. The maximum atomic E-state index is 12.1. The van der Waals surface area contributed by atoms with Gasteiger partial charge in [-0.2, -0.15) is 0 Å². The van der Waals surface area contributed by atoms with Crippen molar-refractivity contribution in [3.63, 3.8) is 0 Å². The highest BCUT2D eigenvalue weighted by Gasteiger charge is 2.18. The number of hydrogen-bond donors (Lipinski definition) is 1. The molecule has 1 heterocycles. The lowest BCUT2D eigenvalue weighted by Gasteiger charge is -2.23. The molecule has 0 bridgehead atoms. The van der Waals surface area contributed by atoms with Gasteiger partial charge in [-0.05, 0) is 19.1 Å². The fraction of sp³-hybridized carbons (Fsp3) is 0.429. The molecule has 0 aromatic carbocycles. The van der Waals surface area contributed by atoms with Crippen LogP contribution in [-0.4, -0.2) is 49.1 Å². The molecule has 0 saturated carbocycles. The molecule has 5 heteroatoms. The average molecular weight is 261 g/mol. The third kappa shape index (κ3) is 4.36. The van der Waals surface area contributed by atoms with Crippen LogP contribution in [0, 0.1) is 11.8 Å². The molecule has 0 fully saturated rings. The fourth-order valence-electron chi connectivity index (χ4n) is 1.48. The molecule has 0 radical (unpaired) electrons. The monoisotopic (exact) mass is 261 g/mol. The normalized spacial score (nSPS) is 11.4. The molecule has 1 amide bonds.